The van der Waals surface area contributed by atoms with Gasteiger partial charge in [-0.2, -0.15) is 9.97 Å². The van der Waals surface area contributed by atoms with Gasteiger partial charge in [0.1, 0.15) is 6.20 Å². The Morgan fingerprint density at radius 2 is 2.12 bits per heavy atom. The number of aromatic nitrogens is 2. The molecule has 0 spiro atoms. The van der Waals surface area contributed by atoms with Gasteiger partial charge in [0.25, 0.3) is 0 Å². The third-order valence-corrected chi connectivity index (χ3v) is 2.56. The molecule has 2 aromatic rings. The van der Waals surface area contributed by atoms with Gasteiger partial charge in [-0.1, -0.05) is 25.1 Å². The lowest BCUT2D eigenvalue weighted by Crippen LogP contribution is -2.33. The standard InChI is InChI=1S/C13H16N3O/c1-4-12(16(2)3)17-13-14-9-10-7-5-6-8-11(10)15-13/h5-8,12H,4H2,1-3H3. The van der Waals surface area contributed by atoms with Crippen LogP contribution in [0.4, 0.5) is 0 Å². The first-order valence-electron chi connectivity index (χ1n) is 5.68. The van der Waals surface area contributed by atoms with Crippen LogP contribution in [0.25, 0.3) is 10.9 Å². The molecule has 0 fully saturated rings. The minimum Gasteiger partial charge on any atom is -0.444 e. The van der Waals surface area contributed by atoms with Crippen molar-refractivity contribution in [1.29, 1.82) is 0 Å². The van der Waals surface area contributed by atoms with Gasteiger partial charge >= 0.3 is 6.01 Å². The lowest BCUT2D eigenvalue weighted by Gasteiger charge is -2.22. The number of para-hydroxylation sites is 1. The van der Waals surface area contributed by atoms with Crippen LogP contribution in [0.3, 0.4) is 0 Å². The Kier molecular flexibility index (Phi) is 3.54. The predicted molar refractivity (Wildman–Crippen MR) is 66.8 cm³/mol. The van der Waals surface area contributed by atoms with Crippen LogP contribution in [-0.2, 0) is 0 Å². The van der Waals surface area contributed by atoms with E-state index in [2.05, 4.69) is 23.1 Å². The largest absolute Gasteiger partial charge is 0.444 e. The van der Waals surface area contributed by atoms with Crippen LogP contribution in [-0.4, -0.2) is 35.2 Å². The van der Waals surface area contributed by atoms with Crippen molar-refractivity contribution in [3.63, 3.8) is 0 Å². The molecule has 2 rings (SSSR count). The summed E-state index contributed by atoms with van der Waals surface area (Å²) in [6, 6.07) is 8.12. The molecule has 0 aliphatic heterocycles. The molecule has 0 amide bonds. The summed E-state index contributed by atoms with van der Waals surface area (Å²) < 4.78 is 5.71. The van der Waals surface area contributed by atoms with E-state index in [4.69, 9.17) is 4.74 Å². The van der Waals surface area contributed by atoms with E-state index in [-0.39, 0.29) is 6.23 Å². The maximum absolute atomic E-state index is 5.71. The summed E-state index contributed by atoms with van der Waals surface area (Å²) in [5.41, 5.74) is 0.853. The first-order chi connectivity index (χ1) is 8.20. The van der Waals surface area contributed by atoms with E-state index in [1.165, 1.54) is 0 Å². The molecular formula is C13H16N3O. The summed E-state index contributed by atoms with van der Waals surface area (Å²) in [6.45, 7) is 2.06. The zero-order valence-corrected chi connectivity index (χ0v) is 10.3. The number of fused-ring (bicyclic) bond motifs is 1. The Hall–Kier alpha value is -1.68. The zero-order valence-electron chi connectivity index (χ0n) is 10.3. The SMILES string of the molecule is CCC(Oc1n[c]c2ccccc2n1)N(C)C. The molecule has 0 saturated carbocycles. The van der Waals surface area contributed by atoms with E-state index in [0.717, 1.165) is 17.3 Å². The predicted octanol–water partition coefficient (Wildman–Crippen LogP) is 2.11. The summed E-state index contributed by atoms with van der Waals surface area (Å²) in [6.07, 6.45) is 3.80. The fraction of sp³-hybridized carbons (Fsp3) is 0.385. The number of rotatable bonds is 4. The van der Waals surface area contributed by atoms with E-state index in [0.29, 0.717) is 6.01 Å². The van der Waals surface area contributed by atoms with E-state index in [1.54, 1.807) is 0 Å². The van der Waals surface area contributed by atoms with E-state index >= 15 is 0 Å². The molecule has 0 saturated heterocycles. The van der Waals surface area contributed by atoms with Gasteiger partial charge in [0.05, 0.1) is 5.52 Å². The lowest BCUT2D eigenvalue weighted by molar-refractivity contribution is 0.0526. The van der Waals surface area contributed by atoms with Crippen LogP contribution >= 0.6 is 0 Å². The smallest absolute Gasteiger partial charge is 0.319 e. The minimum atomic E-state index is -0.00966. The van der Waals surface area contributed by atoms with Gasteiger partial charge in [0.2, 0.25) is 0 Å². The molecule has 4 nitrogen and oxygen atoms in total. The number of benzene rings is 1. The van der Waals surface area contributed by atoms with Crippen LogP contribution < -0.4 is 4.74 Å². The summed E-state index contributed by atoms with van der Waals surface area (Å²) in [4.78, 5) is 10.4. The Labute approximate surface area is 101 Å². The molecule has 1 radical (unpaired) electrons. The van der Waals surface area contributed by atoms with Crippen LogP contribution in [0.1, 0.15) is 13.3 Å². The molecule has 0 aliphatic carbocycles. The van der Waals surface area contributed by atoms with Crippen LogP contribution in [0.5, 0.6) is 6.01 Å². The summed E-state index contributed by atoms with van der Waals surface area (Å²) in [5.74, 6) is 0. The highest BCUT2D eigenvalue weighted by molar-refractivity contribution is 5.76. The molecule has 1 unspecified atom stereocenters. The van der Waals surface area contributed by atoms with E-state index in [1.807, 2.05) is 43.3 Å². The van der Waals surface area contributed by atoms with Gasteiger partial charge in [0, 0.05) is 5.39 Å². The first-order valence-corrected chi connectivity index (χ1v) is 5.68. The van der Waals surface area contributed by atoms with Gasteiger partial charge in [-0.15, -0.1) is 0 Å². The fourth-order valence-corrected chi connectivity index (χ4v) is 1.63. The number of hydrogen-bond donors (Lipinski definition) is 0. The van der Waals surface area contributed by atoms with Crippen molar-refractivity contribution in [2.75, 3.05) is 14.1 Å². The highest BCUT2D eigenvalue weighted by Crippen LogP contribution is 2.14. The molecule has 0 bridgehead atoms. The normalized spacial score (nSPS) is 12.9. The van der Waals surface area contributed by atoms with Gasteiger partial charge in [-0.25, -0.2) is 0 Å². The minimum absolute atomic E-state index is 0.00966. The molecule has 1 atom stereocenters. The zero-order chi connectivity index (χ0) is 12.3. The maximum Gasteiger partial charge on any atom is 0.319 e. The quantitative estimate of drug-likeness (QED) is 0.754. The van der Waals surface area contributed by atoms with Gasteiger partial charge < -0.3 is 4.74 Å². The molecule has 1 heterocycles. The second-order valence-corrected chi connectivity index (χ2v) is 4.08. The van der Waals surface area contributed by atoms with E-state index in [9.17, 15) is 0 Å². The first kappa shape index (κ1) is 11.8. The van der Waals surface area contributed by atoms with Crippen LogP contribution in [0.15, 0.2) is 24.3 Å². The molecule has 0 N–H and O–H groups in total. The van der Waals surface area contributed by atoms with Crippen LogP contribution in [0, 0.1) is 6.20 Å². The highest BCUT2D eigenvalue weighted by atomic mass is 16.5. The molecule has 4 heteroatoms. The van der Waals surface area contributed by atoms with E-state index < -0.39 is 0 Å². The highest BCUT2D eigenvalue weighted by Gasteiger charge is 2.12. The molecule has 17 heavy (non-hydrogen) atoms. The molecule has 0 aliphatic rings. The third-order valence-electron chi connectivity index (χ3n) is 2.56. The summed E-state index contributed by atoms with van der Waals surface area (Å²) in [7, 11) is 3.94. The van der Waals surface area contributed by atoms with Crippen molar-refractivity contribution in [1.82, 2.24) is 14.9 Å². The van der Waals surface area contributed by atoms with Crippen molar-refractivity contribution < 1.29 is 4.74 Å². The molecule has 1 aromatic carbocycles. The molecular weight excluding hydrogens is 214 g/mol. The second-order valence-electron chi connectivity index (χ2n) is 4.08. The maximum atomic E-state index is 5.71. The summed E-state index contributed by atoms with van der Waals surface area (Å²) >= 11 is 0. The fourth-order valence-electron chi connectivity index (χ4n) is 1.63. The van der Waals surface area contributed by atoms with Crippen molar-refractivity contribution in [3.8, 4) is 6.01 Å². The molecule has 1 aromatic heterocycles. The van der Waals surface area contributed by atoms with Crippen molar-refractivity contribution >= 4 is 10.9 Å². The van der Waals surface area contributed by atoms with Crippen LogP contribution in [0.2, 0.25) is 0 Å². The second kappa shape index (κ2) is 5.10. The Bertz CT molecular complexity index is 499. The number of ether oxygens (including phenoxy) is 1. The monoisotopic (exact) mass is 230 g/mol. The molecule has 89 valence electrons. The number of hydrogen-bond acceptors (Lipinski definition) is 4. The Balaban J connectivity index is 2.24. The topological polar surface area (TPSA) is 38.3 Å². The van der Waals surface area contributed by atoms with Crippen molar-refractivity contribution in [2.45, 2.75) is 19.6 Å². The van der Waals surface area contributed by atoms with Crippen molar-refractivity contribution in [2.24, 2.45) is 0 Å². The van der Waals surface area contributed by atoms with Gasteiger partial charge in [0.15, 0.2) is 6.23 Å². The number of nitrogens with zero attached hydrogens (tertiary/aromatic N) is 3. The van der Waals surface area contributed by atoms with Gasteiger partial charge in [-0.3, -0.25) is 4.90 Å². The van der Waals surface area contributed by atoms with Gasteiger partial charge in [-0.05, 0) is 26.6 Å². The van der Waals surface area contributed by atoms with Crippen molar-refractivity contribution in [3.05, 3.63) is 30.5 Å². The summed E-state index contributed by atoms with van der Waals surface area (Å²) in [5, 5.41) is 0.901. The average Bonchev–Trinajstić information content (AvgIpc) is 2.35. The Morgan fingerprint density at radius 3 is 2.82 bits per heavy atom. The lowest BCUT2D eigenvalue weighted by atomic mass is 10.2. The Morgan fingerprint density at radius 1 is 1.35 bits per heavy atom. The average molecular weight is 230 g/mol. The third kappa shape index (κ3) is 2.71.